The molecule has 0 unspecified atom stereocenters. The molecule has 0 saturated carbocycles. The van der Waals surface area contributed by atoms with Gasteiger partial charge in [0.25, 0.3) is 11.5 Å². The zero-order chi connectivity index (χ0) is 34.6. The van der Waals surface area contributed by atoms with Crippen LogP contribution in [0.2, 0.25) is 5.02 Å². The van der Waals surface area contributed by atoms with E-state index in [-0.39, 0.29) is 28.3 Å². The summed E-state index contributed by atoms with van der Waals surface area (Å²) >= 11 is 5.53. The summed E-state index contributed by atoms with van der Waals surface area (Å²) in [5.74, 6) is -1.12. The number of H-pyrrole nitrogens is 1. The molecule has 0 aromatic carbocycles. The minimum atomic E-state index is -0.835. The van der Waals surface area contributed by atoms with E-state index >= 15 is 0 Å². The van der Waals surface area contributed by atoms with E-state index in [4.69, 9.17) is 37.6 Å². The Bertz CT molecular complexity index is 1160. The first-order chi connectivity index (χ1) is 21.7. The summed E-state index contributed by atoms with van der Waals surface area (Å²) in [6.07, 6.45) is 24.8. The highest BCUT2D eigenvalue weighted by Crippen LogP contribution is 2.13. The van der Waals surface area contributed by atoms with E-state index in [9.17, 15) is 19.2 Å². The number of halogens is 1. The van der Waals surface area contributed by atoms with Crippen LogP contribution in [0.15, 0.2) is 34.7 Å². The predicted octanol–water partition coefficient (Wildman–Crippen LogP) is 0.783. The van der Waals surface area contributed by atoms with Crippen LogP contribution in [0, 0.1) is 25.7 Å². The lowest BCUT2D eigenvalue weighted by atomic mass is 10.1. The van der Waals surface area contributed by atoms with E-state index in [1.165, 1.54) is 19.3 Å². The van der Waals surface area contributed by atoms with Crippen LogP contribution < -0.4 is 22.3 Å². The second-order valence-corrected chi connectivity index (χ2v) is 9.42. The van der Waals surface area contributed by atoms with Crippen molar-refractivity contribution in [3.8, 4) is 25.7 Å². The molecule has 2 fully saturated rings. The van der Waals surface area contributed by atoms with Gasteiger partial charge in [-0.1, -0.05) is 36.2 Å². The van der Waals surface area contributed by atoms with Crippen LogP contribution in [0.3, 0.4) is 0 Å². The van der Waals surface area contributed by atoms with E-state index in [2.05, 4.69) is 45.8 Å². The maximum absolute atomic E-state index is 12.1. The average Bonchev–Trinajstić information content (AvgIpc) is 3.06. The molecule has 3 rings (SSSR count). The van der Waals surface area contributed by atoms with Crippen molar-refractivity contribution in [1.82, 2.24) is 20.1 Å². The Morgan fingerprint density at radius 3 is 2.24 bits per heavy atom. The van der Waals surface area contributed by atoms with E-state index in [1.807, 2.05) is 0 Å². The zero-order valence-electron chi connectivity index (χ0n) is 26.1. The monoisotopic (exact) mass is 650 g/mol. The molecule has 2 aliphatic heterocycles. The van der Waals surface area contributed by atoms with Crippen LogP contribution in [0.25, 0.3) is 0 Å². The number of aliphatic hydroxyl groups is 1. The number of primary amides is 1. The predicted molar refractivity (Wildman–Crippen MR) is 177 cm³/mol. The average molecular weight is 651 g/mol. The molecule has 13 nitrogen and oxygen atoms in total. The van der Waals surface area contributed by atoms with Gasteiger partial charge in [0, 0.05) is 33.3 Å². The number of piperidine rings is 1. The van der Waals surface area contributed by atoms with Crippen molar-refractivity contribution in [3.05, 3.63) is 50.8 Å². The molecule has 1 aromatic rings. The first-order valence-electron chi connectivity index (χ1n) is 14.1. The van der Waals surface area contributed by atoms with Gasteiger partial charge in [0.15, 0.2) is 0 Å². The number of nitrogens with one attached hydrogen (secondary N) is 2. The van der Waals surface area contributed by atoms with Crippen molar-refractivity contribution in [1.29, 1.82) is 0 Å². The molecule has 7 N–H and O–H groups in total. The molecule has 2 amide bonds. The largest absolute Gasteiger partial charge is 0.461 e. The van der Waals surface area contributed by atoms with Gasteiger partial charge in [0.2, 0.25) is 5.91 Å². The van der Waals surface area contributed by atoms with Crippen molar-refractivity contribution in [2.75, 3.05) is 78.5 Å². The van der Waals surface area contributed by atoms with Crippen LogP contribution in [0.4, 0.5) is 5.82 Å². The number of hydrogen-bond acceptors (Lipinski definition) is 10. The van der Waals surface area contributed by atoms with Gasteiger partial charge < -0.3 is 36.3 Å². The Hall–Kier alpha value is -4.11. The van der Waals surface area contributed by atoms with Gasteiger partial charge >= 0.3 is 5.97 Å². The maximum atomic E-state index is 12.1. The SMILES string of the molecule is C#C.C#C.C/C=C(\C=C/CNC(=O)CN1CCCCC1)C(=O)OCCN1CCOCC1.CO.NC(=O)c1cc(Cl)c(N)[nH]c1=O. The fourth-order valence-corrected chi connectivity index (χ4v) is 4.05. The first-order valence-corrected chi connectivity index (χ1v) is 14.5. The highest BCUT2D eigenvalue weighted by atomic mass is 35.5. The highest BCUT2D eigenvalue weighted by Gasteiger charge is 2.14. The second kappa shape index (κ2) is 27.4. The standard InChI is InChI=1S/C20H33N3O4.C6H6ClN3O2.2C2H2.CH4O/c1-2-18(20(25)27-16-13-22-11-14-26-15-12-22)7-6-8-21-19(24)17-23-9-4-3-5-10-23;7-3-1-2(5(9)11)6(12)10-4(3)8;3*1-2/h2,6-7H,3-5,8-17H2,1H3,(H,21,24);1H,(H2,9,11)(H3,8,10,12);2*1-2H;2H,1H3/b7-6-,18-2+;;;;. The topological polar surface area (TPSA) is 193 Å². The van der Waals surface area contributed by atoms with Gasteiger partial charge in [0.1, 0.15) is 18.0 Å². The molecule has 14 heteroatoms. The number of rotatable bonds is 10. The van der Waals surface area contributed by atoms with E-state index in [1.54, 1.807) is 25.2 Å². The molecule has 2 aliphatic rings. The number of aromatic nitrogens is 1. The third-order valence-corrected chi connectivity index (χ3v) is 6.42. The molecule has 2 saturated heterocycles. The van der Waals surface area contributed by atoms with Crippen LogP contribution in [-0.4, -0.2) is 110 Å². The number of ether oxygens (including phenoxy) is 2. The van der Waals surface area contributed by atoms with Gasteiger partial charge in [0.05, 0.1) is 30.4 Å². The number of anilines is 1. The second-order valence-electron chi connectivity index (χ2n) is 9.02. The normalized spacial score (nSPS) is 14.8. The number of nitrogen functional groups attached to an aromatic ring is 1. The molecule has 0 spiro atoms. The molecule has 45 heavy (non-hydrogen) atoms. The maximum Gasteiger partial charge on any atom is 0.337 e. The third kappa shape index (κ3) is 19.0. The lowest BCUT2D eigenvalue weighted by Crippen LogP contribution is -2.39. The lowest BCUT2D eigenvalue weighted by Gasteiger charge is -2.26. The summed E-state index contributed by atoms with van der Waals surface area (Å²) in [6.45, 7) is 9.00. The lowest BCUT2D eigenvalue weighted by molar-refractivity contribution is -0.139. The number of amides is 2. The number of allylic oxidation sites excluding steroid dienone is 1. The first kappa shape index (κ1) is 43.0. The molecule has 0 atom stereocenters. The number of pyridine rings is 1. The number of aromatic amines is 1. The number of carbonyl (C=O) groups is 3. The Labute approximate surface area is 270 Å². The van der Waals surface area contributed by atoms with Gasteiger partial charge in [-0.25, -0.2) is 4.79 Å². The number of carbonyl (C=O) groups excluding carboxylic acids is 3. The number of esters is 1. The van der Waals surface area contributed by atoms with Crippen LogP contribution in [0.5, 0.6) is 0 Å². The van der Waals surface area contributed by atoms with E-state index < -0.39 is 11.5 Å². The molecule has 0 aliphatic carbocycles. The fraction of sp³-hybridized carbons (Fsp3) is 0.484. The molecule has 0 radical (unpaired) electrons. The summed E-state index contributed by atoms with van der Waals surface area (Å²) < 4.78 is 10.6. The van der Waals surface area contributed by atoms with Crippen molar-refractivity contribution in [3.63, 3.8) is 0 Å². The molecule has 250 valence electrons. The Morgan fingerprint density at radius 2 is 1.69 bits per heavy atom. The van der Waals surface area contributed by atoms with Crippen molar-refractivity contribution >= 4 is 35.2 Å². The van der Waals surface area contributed by atoms with Gasteiger partial charge in [-0.15, -0.1) is 25.7 Å². The van der Waals surface area contributed by atoms with Crippen molar-refractivity contribution in [2.24, 2.45) is 5.73 Å². The number of nitrogens with two attached hydrogens (primary N) is 2. The summed E-state index contributed by atoms with van der Waals surface area (Å²) in [5, 5.41) is 9.97. The zero-order valence-corrected chi connectivity index (χ0v) is 26.9. The van der Waals surface area contributed by atoms with Gasteiger partial charge in [-0.05, 0) is 38.9 Å². The van der Waals surface area contributed by atoms with Crippen LogP contribution in [-0.2, 0) is 19.1 Å². The smallest absolute Gasteiger partial charge is 0.337 e. The Balaban J connectivity index is 0. The summed E-state index contributed by atoms with van der Waals surface area (Å²) in [5.41, 5.74) is 9.79. The van der Waals surface area contributed by atoms with E-state index in [0.29, 0.717) is 25.3 Å². The molecule has 1 aromatic heterocycles. The quantitative estimate of drug-likeness (QED) is 0.105. The number of hydrogen-bond donors (Lipinski definition) is 5. The Kier molecular flexibility index (Phi) is 26.2. The molecule has 3 heterocycles. The minimum Gasteiger partial charge on any atom is -0.461 e. The summed E-state index contributed by atoms with van der Waals surface area (Å²) in [6, 6.07) is 1.14. The molecular weight excluding hydrogens is 604 g/mol. The minimum absolute atomic E-state index is 0.0201. The fourth-order valence-electron chi connectivity index (χ4n) is 3.90. The number of nitrogens with zero attached hydrogens (tertiary/aromatic N) is 2. The van der Waals surface area contributed by atoms with Crippen LogP contribution in [0.1, 0.15) is 36.5 Å². The highest BCUT2D eigenvalue weighted by molar-refractivity contribution is 6.33. The summed E-state index contributed by atoms with van der Waals surface area (Å²) in [7, 11) is 1.00. The number of morpholine rings is 1. The van der Waals surface area contributed by atoms with Crippen molar-refractivity contribution in [2.45, 2.75) is 26.2 Å². The van der Waals surface area contributed by atoms with Gasteiger partial charge in [-0.2, -0.15) is 0 Å². The summed E-state index contributed by atoms with van der Waals surface area (Å²) in [4.78, 5) is 52.2. The van der Waals surface area contributed by atoms with Crippen LogP contribution >= 0.6 is 11.6 Å². The number of likely N-dealkylation sites (tertiary alicyclic amines) is 1. The molecule has 0 bridgehead atoms. The number of terminal acetylenes is 2. The number of aliphatic hydroxyl groups excluding tert-OH is 1. The van der Waals surface area contributed by atoms with Gasteiger partial charge in [-0.3, -0.25) is 24.2 Å². The third-order valence-electron chi connectivity index (χ3n) is 6.11. The van der Waals surface area contributed by atoms with Crippen molar-refractivity contribution < 1.29 is 29.0 Å². The van der Waals surface area contributed by atoms with E-state index in [0.717, 1.165) is 59.1 Å². The Morgan fingerprint density at radius 1 is 1.09 bits per heavy atom. The molecular formula is C31H47ClN6O7.